The van der Waals surface area contributed by atoms with Gasteiger partial charge in [-0.25, -0.2) is 0 Å². The van der Waals surface area contributed by atoms with Crippen LogP contribution in [0.1, 0.15) is 65.2 Å². The molecular weight excluding hydrogens is 283 g/mol. The molecule has 2 nitrogen and oxygen atoms in total. The lowest BCUT2D eigenvalue weighted by Gasteiger charge is -2.43. The fourth-order valence-electron chi connectivity index (χ4n) is 4.47. The van der Waals surface area contributed by atoms with Gasteiger partial charge in [-0.3, -0.25) is 4.79 Å². The summed E-state index contributed by atoms with van der Waals surface area (Å²) in [6, 6.07) is 1.17. The largest absolute Gasteiger partial charge is 0.481 e. The van der Waals surface area contributed by atoms with Gasteiger partial charge in [-0.1, -0.05) is 39.5 Å². The highest BCUT2D eigenvalue weighted by Crippen LogP contribution is 2.50. The molecule has 0 atom stereocenters. The van der Waals surface area contributed by atoms with Crippen molar-refractivity contribution >= 4 is 15.1 Å². The second-order valence-corrected chi connectivity index (χ2v) is 10.2. The summed E-state index contributed by atoms with van der Waals surface area (Å²) >= 11 is 0. The highest BCUT2D eigenvalue weighted by molar-refractivity contribution is 6.51. The van der Waals surface area contributed by atoms with Crippen LogP contribution in [0.3, 0.4) is 0 Å². The van der Waals surface area contributed by atoms with Crippen LogP contribution in [0.25, 0.3) is 0 Å². The fourth-order valence-corrected chi connectivity index (χ4v) is 6.41. The van der Waals surface area contributed by atoms with E-state index in [1.165, 1.54) is 25.7 Å². The van der Waals surface area contributed by atoms with E-state index in [0.29, 0.717) is 30.8 Å². The molecule has 1 saturated carbocycles. The molecule has 21 heavy (non-hydrogen) atoms. The molecule has 0 amide bonds. The molecule has 1 saturated heterocycles. The predicted molar refractivity (Wildman–Crippen MR) is 86.7 cm³/mol. The highest BCUT2D eigenvalue weighted by atomic mass is 28.3. The van der Waals surface area contributed by atoms with Crippen LogP contribution < -0.4 is 0 Å². The van der Waals surface area contributed by atoms with E-state index in [1.807, 2.05) is 0 Å². The van der Waals surface area contributed by atoms with Gasteiger partial charge in [0, 0.05) is 0 Å². The smallest absolute Gasteiger partial charge is 0.309 e. The van der Waals surface area contributed by atoms with Crippen LogP contribution in [-0.2, 0) is 4.79 Å². The maximum absolute atomic E-state index is 13.5. The first-order valence-electron chi connectivity index (χ1n) is 8.81. The van der Waals surface area contributed by atoms with E-state index in [2.05, 4.69) is 13.8 Å². The van der Waals surface area contributed by atoms with Crippen molar-refractivity contribution in [2.75, 3.05) is 0 Å². The van der Waals surface area contributed by atoms with Gasteiger partial charge in [-0.15, -0.1) is 0 Å². The molecule has 0 aromatic rings. The van der Waals surface area contributed by atoms with Gasteiger partial charge in [0.2, 0.25) is 9.13 Å². The van der Waals surface area contributed by atoms with Crippen molar-refractivity contribution in [3.63, 3.8) is 0 Å². The van der Waals surface area contributed by atoms with E-state index in [0.717, 1.165) is 24.7 Å². The number of carboxylic acid groups (broad SMARTS) is 1. The van der Waals surface area contributed by atoms with E-state index >= 15 is 0 Å². The minimum atomic E-state index is -2.07. The number of aliphatic carboxylic acids is 1. The molecule has 1 aliphatic carbocycles. The average molecular weight is 315 g/mol. The monoisotopic (exact) mass is 314 g/mol. The van der Waals surface area contributed by atoms with E-state index in [-0.39, 0.29) is 0 Å². The standard InChI is InChI=1S/C17H31FO2Si/c1-13(2)3-4-14-5-7-15(8-6-14)17(16(19)20)9-11-21(18)12-10-17/h13-15,21H,3-12H2,1-2H3,(H,19,20)/t14-,15-,17?,21?. The SMILES string of the molecule is CC(C)CC[C@H]1CC[C@H](C2(C(=O)O)CC[SiH](F)CC2)CC1. The summed E-state index contributed by atoms with van der Waals surface area (Å²) in [6.45, 7) is 4.54. The summed E-state index contributed by atoms with van der Waals surface area (Å²) in [4.78, 5) is 11.9. The second-order valence-electron chi connectivity index (χ2n) is 7.82. The van der Waals surface area contributed by atoms with Crippen LogP contribution in [0.4, 0.5) is 4.11 Å². The highest BCUT2D eigenvalue weighted by Gasteiger charge is 2.49. The van der Waals surface area contributed by atoms with Crippen molar-refractivity contribution in [2.24, 2.45) is 23.2 Å². The molecule has 2 fully saturated rings. The van der Waals surface area contributed by atoms with Gasteiger partial charge in [-0.05, 0) is 55.5 Å². The Kier molecular flexibility index (Phi) is 5.86. The average Bonchev–Trinajstić information content (AvgIpc) is 2.46. The Morgan fingerprint density at radius 2 is 1.81 bits per heavy atom. The second kappa shape index (κ2) is 7.25. The molecule has 0 bridgehead atoms. The Bertz CT molecular complexity index is 343. The number of carboxylic acids is 1. The molecule has 1 N–H and O–H groups in total. The Labute approximate surface area is 130 Å². The Hall–Kier alpha value is -0.383. The fraction of sp³-hybridized carbons (Fsp3) is 0.941. The predicted octanol–water partition coefficient (Wildman–Crippen LogP) is 4.79. The van der Waals surface area contributed by atoms with Crippen molar-refractivity contribution in [1.29, 1.82) is 0 Å². The molecule has 0 radical (unpaired) electrons. The van der Waals surface area contributed by atoms with Gasteiger partial charge >= 0.3 is 5.97 Å². The lowest BCUT2D eigenvalue weighted by Crippen LogP contribution is -2.44. The molecule has 0 unspecified atom stereocenters. The van der Waals surface area contributed by atoms with Crippen LogP contribution in [0.2, 0.25) is 12.1 Å². The molecule has 1 heterocycles. The summed E-state index contributed by atoms with van der Waals surface area (Å²) < 4.78 is 13.5. The summed E-state index contributed by atoms with van der Waals surface area (Å²) in [5.74, 6) is 1.21. The van der Waals surface area contributed by atoms with E-state index < -0.39 is 20.5 Å². The van der Waals surface area contributed by atoms with Gasteiger partial charge in [0.1, 0.15) is 0 Å². The van der Waals surface area contributed by atoms with Crippen molar-refractivity contribution in [2.45, 2.75) is 77.3 Å². The zero-order valence-electron chi connectivity index (χ0n) is 13.6. The molecule has 0 spiro atoms. The molecule has 0 aromatic carbocycles. The number of halogens is 1. The van der Waals surface area contributed by atoms with Gasteiger partial charge in [0.05, 0.1) is 5.41 Å². The van der Waals surface area contributed by atoms with Crippen molar-refractivity contribution < 1.29 is 14.0 Å². The molecular formula is C17H31FO2Si. The topological polar surface area (TPSA) is 37.3 Å². The number of carbonyl (C=O) groups is 1. The van der Waals surface area contributed by atoms with E-state index in [1.54, 1.807) is 0 Å². The van der Waals surface area contributed by atoms with Gasteiger partial charge in [-0.2, -0.15) is 0 Å². The normalized spacial score (nSPS) is 37.6. The van der Waals surface area contributed by atoms with Crippen molar-refractivity contribution in [1.82, 2.24) is 0 Å². The Morgan fingerprint density at radius 3 is 2.29 bits per heavy atom. The third-order valence-electron chi connectivity index (χ3n) is 6.01. The Morgan fingerprint density at radius 1 is 1.24 bits per heavy atom. The lowest BCUT2D eigenvalue weighted by atomic mass is 9.63. The molecule has 1 aliphatic heterocycles. The van der Waals surface area contributed by atoms with Gasteiger partial charge in [0.15, 0.2) is 0 Å². The Balaban J connectivity index is 1.91. The zero-order valence-corrected chi connectivity index (χ0v) is 14.8. The first-order valence-corrected chi connectivity index (χ1v) is 10.9. The third kappa shape index (κ3) is 4.08. The lowest BCUT2D eigenvalue weighted by molar-refractivity contribution is -0.155. The quantitative estimate of drug-likeness (QED) is 0.585. The number of rotatable bonds is 5. The molecule has 0 aromatic heterocycles. The van der Waals surface area contributed by atoms with Crippen molar-refractivity contribution in [3.05, 3.63) is 0 Å². The van der Waals surface area contributed by atoms with Crippen LogP contribution in [0.15, 0.2) is 0 Å². The van der Waals surface area contributed by atoms with Gasteiger partial charge in [0.25, 0.3) is 0 Å². The van der Waals surface area contributed by atoms with E-state index in [4.69, 9.17) is 0 Å². The number of hydrogen-bond acceptors (Lipinski definition) is 1. The summed E-state index contributed by atoms with van der Waals surface area (Å²) in [6.07, 6.45) is 8.26. The van der Waals surface area contributed by atoms with Crippen LogP contribution in [0.5, 0.6) is 0 Å². The minimum Gasteiger partial charge on any atom is -0.481 e. The minimum absolute atomic E-state index is 0.298. The third-order valence-corrected chi connectivity index (χ3v) is 7.84. The summed E-state index contributed by atoms with van der Waals surface area (Å²) in [7, 11) is -2.07. The van der Waals surface area contributed by atoms with E-state index in [9.17, 15) is 14.0 Å². The zero-order chi connectivity index (χ0) is 15.5. The van der Waals surface area contributed by atoms with Crippen LogP contribution in [-0.4, -0.2) is 20.2 Å². The summed E-state index contributed by atoms with van der Waals surface area (Å²) in [5.41, 5.74) is -0.585. The summed E-state index contributed by atoms with van der Waals surface area (Å²) in [5, 5.41) is 9.76. The molecule has 122 valence electrons. The van der Waals surface area contributed by atoms with Crippen molar-refractivity contribution in [3.8, 4) is 0 Å². The molecule has 2 rings (SSSR count). The maximum atomic E-state index is 13.5. The molecule has 4 heteroatoms. The van der Waals surface area contributed by atoms with Gasteiger partial charge < -0.3 is 9.21 Å². The first kappa shape index (κ1) is 17.0. The maximum Gasteiger partial charge on any atom is 0.309 e. The first-order chi connectivity index (χ1) is 9.94. The number of hydrogen-bond donors (Lipinski definition) is 1. The van der Waals surface area contributed by atoms with Crippen LogP contribution in [0, 0.1) is 23.2 Å². The molecule has 2 aliphatic rings. The van der Waals surface area contributed by atoms with Crippen LogP contribution >= 0.6 is 0 Å².